The number of ether oxygens (including phenoxy) is 2. The first-order valence-electron chi connectivity index (χ1n) is 9.90. The molecule has 0 spiro atoms. The third-order valence-electron chi connectivity index (χ3n) is 5.34. The molecule has 1 amide bonds. The first-order valence-corrected chi connectivity index (χ1v) is 11.4. The van der Waals surface area contributed by atoms with E-state index in [1.54, 1.807) is 30.4 Å². The number of aliphatic hydroxyl groups is 1. The number of nitrogens with zero attached hydrogens (tertiary/aromatic N) is 2. The Bertz CT molecular complexity index is 867. The fraction of sp³-hybridized carbons (Fsp3) is 0.550. The molecule has 3 rings (SSSR count). The van der Waals surface area contributed by atoms with Crippen LogP contribution in [0.1, 0.15) is 6.42 Å². The highest BCUT2D eigenvalue weighted by atomic mass is 32.2. The normalized spacial score (nSPS) is 25.3. The fourth-order valence-corrected chi connectivity index (χ4v) is 4.94. The van der Waals surface area contributed by atoms with Gasteiger partial charge in [-0.3, -0.25) is 4.79 Å². The van der Waals surface area contributed by atoms with E-state index in [0.717, 1.165) is 13.1 Å². The molecule has 2 N–H and O–H groups in total. The predicted octanol–water partition coefficient (Wildman–Crippen LogP) is -0.178. The van der Waals surface area contributed by atoms with Crippen molar-refractivity contribution in [2.45, 2.75) is 29.6 Å². The molecule has 2 aliphatic rings. The molecule has 1 aromatic carbocycles. The van der Waals surface area contributed by atoms with Crippen molar-refractivity contribution in [1.82, 2.24) is 14.5 Å². The van der Waals surface area contributed by atoms with Gasteiger partial charge in [0.05, 0.1) is 32.3 Å². The molecule has 1 aromatic rings. The summed E-state index contributed by atoms with van der Waals surface area (Å²) in [5, 5.41) is 9.74. The monoisotopic (exact) mass is 439 g/mol. The van der Waals surface area contributed by atoms with Gasteiger partial charge in [0.25, 0.3) is 0 Å². The van der Waals surface area contributed by atoms with Crippen LogP contribution in [-0.2, 0) is 19.6 Å². The smallest absolute Gasteiger partial charge is 0.244 e. The molecule has 166 valence electrons. The van der Waals surface area contributed by atoms with Gasteiger partial charge in [-0.2, -0.15) is 0 Å². The number of methoxy groups -OCH3 is 1. The predicted molar refractivity (Wildman–Crippen MR) is 111 cm³/mol. The average Bonchev–Trinajstić information content (AvgIpc) is 2.75. The van der Waals surface area contributed by atoms with E-state index in [2.05, 4.69) is 9.62 Å². The summed E-state index contributed by atoms with van der Waals surface area (Å²) in [6, 6.07) is 5.53. The molecule has 10 heteroatoms. The van der Waals surface area contributed by atoms with Gasteiger partial charge in [-0.25, -0.2) is 13.1 Å². The van der Waals surface area contributed by atoms with Gasteiger partial charge in [0.2, 0.25) is 15.9 Å². The lowest BCUT2D eigenvalue weighted by atomic mass is 10.1. The molecule has 2 aliphatic heterocycles. The van der Waals surface area contributed by atoms with Crippen molar-refractivity contribution >= 4 is 15.9 Å². The summed E-state index contributed by atoms with van der Waals surface area (Å²) in [4.78, 5) is 16.5. The fourth-order valence-electron chi connectivity index (χ4n) is 3.55. The van der Waals surface area contributed by atoms with E-state index in [0.29, 0.717) is 13.1 Å². The van der Waals surface area contributed by atoms with E-state index < -0.39 is 28.3 Å². The lowest BCUT2D eigenvalue weighted by Gasteiger charge is -2.35. The van der Waals surface area contributed by atoms with E-state index in [1.807, 2.05) is 11.9 Å². The van der Waals surface area contributed by atoms with Gasteiger partial charge in [0.15, 0.2) is 0 Å². The number of aliphatic hydroxyl groups excluding tert-OH is 1. The number of amides is 1. The van der Waals surface area contributed by atoms with Crippen LogP contribution in [0.2, 0.25) is 0 Å². The lowest BCUT2D eigenvalue weighted by Crippen LogP contribution is -2.50. The van der Waals surface area contributed by atoms with Crippen LogP contribution in [0, 0.1) is 0 Å². The van der Waals surface area contributed by atoms with Gasteiger partial charge in [-0.05, 0) is 19.2 Å². The number of hydrogen-bond donors (Lipinski definition) is 2. The van der Waals surface area contributed by atoms with Gasteiger partial charge in [0, 0.05) is 26.2 Å². The SMILES string of the molecule is COc1ccccc1S(=O)(=O)N[C@H]1C=C[C@H](CC(=O)N2CCN(C)CC2)O[C@@H]1CO. The van der Waals surface area contributed by atoms with Crippen LogP contribution in [-0.4, -0.2) is 94.4 Å². The molecule has 2 heterocycles. The molecule has 9 nitrogen and oxygen atoms in total. The van der Waals surface area contributed by atoms with Crippen molar-refractivity contribution < 1.29 is 27.8 Å². The largest absolute Gasteiger partial charge is 0.495 e. The Labute approximate surface area is 177 Å². The summed E-state index contributed by atoms with van der Waals surface area (Å²) in [6.45, 7) is 2.63. The summed E-state index contributed by atoms with van der Waals surface area (Å²) >= 11 is 0. The van der Waals surface area contributed by atoms with Crippen LogP contribution < -0.4 is 9.46 Å². The molecular weight excluding hydrogens is 410 g/mol. The minimum Gasteiger partial charge on any atom is -0.495 e. The first kappa shape index (κ1) is 22.7. The number of hydrogen-bond acceptors (Lipinski definition) is 7. The summed E-state index contributed by atoms with van der Waals surface area (Å²) < 4.78 is 39.1. The number of benzene rings is 1. The van der Waals surface area contributed by atoms with Crippen LogP contribution in [0.25, 0.3) is 0 Å². The minimum absolute atomic E-state index is 0.00459. The van der Waals surface area contributed by atoms with Crippen LogP contribution in [0.3, 0.4) is 0 Å². The molecule has 0 saturated carbocycles. The van der Waals surface area contributed by atoms with Crippen molar-refractivity contribution in [1.29, 1.82) is 0 Å². The van der Waals surface area contributed by atoms with Gasteiger partial charge >= 0.3 is 0 Å². The molecule has 1 fully saturated rings. The Morgan fingerprint density at radius 3 is 2.60 bits per heavy atom. The number of nitrogens with one attached hydrogen (secondary N) is 1. The van der Waals surface area contributed by atoms with Gasteiger partial charge in [-0.1, -0.05) is 24.3 Å². The third kappa shape index (κ3) is 5.38. The number of piperazine rings is 1. The topological polar surface area (TPSA) is 108 Å². The van der Waals surface area contributed by atoms with E-state index in [4.69, 9.17) is 9.47 Å². The van der Waals surface area contributed by atoms with E-state index in [-0.39, 0.29) is 29.6 Å². The maximum atomic E-state index is 12.8. The molecule has 0 unspecified atom stereocenters. The van der Waals surface area contributed by atoms with Gasteiger partial charge in [0.1, 0.15) is 16.7 Å². The van der Waals surface area contributed by atoms with Crippen molar-refractivity contribution in [3.63, 3.8) is 0 Å². The molecule has 1 saturated heterocycles. The maximum absolute atomic E-state index is 12.8. The third-order valence-corrected chi connectivity index (χ3v) is 6.84. The van der Waals surface area contributed by atoms with E-state index in [9.17, 15) is 18.3 Å². The first-order chi connectivity index (χ1) is 14.3. The zero-order valence-corrected chi connectivity index (χ0v) is 18.0. The van der Waals surface area contributed by atoms with Crippen LogP contribution in [0.5, 0.6) is 5.75 Å². The average molecular weight is 440 g/mol. The second-order valence-electron chi connectivity index (χ2n) is 7.47. The summed E-state index contributed by atoms with van der Waals surface area (Å²) in [6.07, 6.45) is 2.16. The van der Waals surface area contributed by atoms with Crippen LogP contribution in [0.15, 0.2) is 41.3 Å². The highest BCUT2D eigenvalue weighted by molar-refractivity contribution is 7.89. The van der Waals surface area contributed by atoms with Crippen molar-refractivity contribution in [3.8, 4) is 5.75 Å². The number of sulfonamides is 1. The summed E-state index contributed by atoms with van der Waals surface area (Å²) in [5.74, 6) is 0.212. The number of para-hydroxylation sites is 1. The summed E-state index contributed by atoms with van der Waals surface area (Å²) in [7, 11) is -0.486. The van der Waals surface area contributed by atoms with Crippen LogP contribution in [0.4, 0.5) is 0 Å². The van der Waals surface area contributed by atoms with E-state index in [1.165, 1.54) is 13.2 Å². The molecular formula is C20H29N3O6S. The second kappa shape index (κ2) is 9.88. The Kier molecular flexibility index (Phi) is 7.48. The Balaban J connectivity index is 1.65. The summed E-state index contributed by atoms with van der Waals surface area (Å²) in [5.41, 5.74) is 0. The number of carbonyl (C=O) groups excluding carboxylic acids is 1. The quantitative estimate of drug-likeness (QED) is 0.568. The zero-order valence-electron chi connectivity index (χ0n) is 17.2. The maximum Gasteiger partial charge on any atom is 0.244 e. The number of rotatable bonds is 7. The van der Waals surface area contributed by atoms with Crippen molar-refractivity contribution in [2.24, 2.45) is 0 Å². The lowest BCUT2D eigenvalue weighted by molar-refractivity contribution is -0.136. The molecule has 0 aliphatic carbocycles. The highest BCUT2D eigenvalue weighted by Crippen LogP contribution is 2.24. The molecule has 3 atom stereocenters. The van der Waals surface area contributed by atoms with Crippen LogP contribution >= 0.6 is 0 Å². The van der Waals surface area contributed by atoms with Crippen molar-refractivity contribution in [2.75, 3.05) is 46.9 Å². The molecule has 0 radical (unpaired) electrons. The standard InChI is InChI=1S/C20H29N3O6S/c1-22-9-11-23(12-10-22)20(25)13-15-7-8-16(18(14-24)29-15)21-30(26,27)19-6-4-3-5-17(19)28-2/h3-8,15-16,18,21,24H,9-14H2,1-2H3/t15-,16+,18-/m1/s1. The minimum atomic E-state index is -3.91. The Morgan fingerprint density at radius 2 is 1.93 bits per heavy atom. The number of likely N-dealkylation sites (N-methyl/N-ethyl adjacent to an activating group) is 1. The van der Waals surface area contributed by atoms with Crippen molar-refractivity contribution in [3.05, 3.63) is 36.4 Å². The molecule has 30 heavy (non-hydrogen) atoms. The zero-order chi connectivity index (χ0) is 21.7. The Morgan fingerprint density at radius 1 is 1.23 bits per heavy atom. The Hall–Kier alpha value is -1.98. The molecule has 0 bridgehead atoms. The van der Waals surface area contributed by atoms with Gasteiger partial charge < -0.3 is 24.4 Å². The highest BCUT2D eigenvalue weighted by Gasteiger charge is 2.33. The van der Waals surface area contributed by atoms with E-state index >= 15 is 0 Å². The molecule has 0 aromatic heterocycles. The second-order valence-corrected chi connectivity index (χ2v) is 9.15. The number of carbonyl (C=O) groups is 1. The van der Waals surface area contributed by atoms with Gasteiger partial charge in [-0.15, -0.1) is 0 Å².